The zero-order valence-electron chi connectivity index (χ0n) is 10.2. The first-order valence-corrected chi connectivity index (χ1v) is 5.57. The van der Waals surface area contributed by atoms with Gasteiger partial charge in [0, 0.05) is 17.4 Å². The van der Waals surface area contributed by atoms with Crippen molar-refractivity contribution in [3.05, 3.63) is 54.1 Å². The highest BCUT2D eigenvalue weighted by Crippen LogP contribution is 2.31. The van der Waals surface area contributed by atoms with Crippen LogP contribution in [0.1, 0.15) is 5.56 Å². The predicted molar refractivity (Wildman–Crippen MR) is 67.7 cm³/mol. The van der Waals surface area contributed by atoms with Gasteiger partial charge >= 0.3 is 6.18 Å². The van der Waals surface area contributed by atoms with Crippen LogP contribution in [0.5, 0.6) is 5.75 Å². The van der Waals surface area contributed by atoms with Gasteiger partial charge in [-0.3, -0.25) is 0 Å². The van der Waals surface area contributed by atoms with Crippen molar-refractivity contribution < 1.29 is 17.9 Å². The molecule has 0 saturated carbocycles. The smallest absolute Gasteiger partial charge is 0.416 e. The van der Waals surface area contributed by atoms with Gasteiger partial charge in [0.25, 0.3) is 0 Å². The van der Waals surface area contributed by atoms with Crippen molar-refractivity contribution in [1.29, 1.82) is 0 Å². The standard InChI is InChI=1S/C14H12F3NO/c1-19-13-7-3-6-12(9-13)18-11-5-2-4-10(8-11)14(15,16)17/h2-9,18H,1H3. The molecule has 2 rings (SSSR count). The molecule has 0 spiro atoms. The second kappa shape index (κ2) is 5.22. The van der Waals surface area contributed by atoms with E-state index in [0.717, 1.165) is 12.1 Å². The first-order valence-electron chi connectivity index (χ1n) is 5.57. The average Bonchev–Trinajstić information content (AvgIpc) is 2.38. The SMILES string of the molecule is COc1cccc(Nc2cccc(C(F)(F)F)c2)c1. The van der Waals surface area contributed by atoms with Crippen molar-refractivity contribution in [3.8, 4) is 5.75 Å². The number of hydrogen-bond donors (Lipinski definition) is 1. The van der Waals surface area contributed by atoms with Crippen LogP contribution in [0.2, 0.25) is 0 Å². The molecule has 0 aliphatic rings. The van der Waals surface area contributed by atoms with Crippen molar-refractivity contribution in [2.24, 2.45) is 0 Å². The summed E-state index contributed by atoms with van der Waals surface area (Å²) in [6.07, 6.45) is -4.34. The Morgan fingerprint density at radius 3 is 2.21 bits per heavy atom. The summed E-state index contributed by atoms with van der Waals surface area (Å²) in [6, 6.07) is 12.0. The maximum atomic E-state index is 12.6. The van der Waals surface area contributed by atoms with E-state index < -0.39 is 11.7 Å². The predicted octanol–water partition coefficient (Wildman–Crippen LogP) is 4.46. The van der Waals surface area contributed by atoms with Gasteiger partial charge in [-0.05, 0) is 30.3 Å². The minimum atomic E-state index is -4.34. The summed E-state index contributed by atoms with van der Waals surface area (Å²) in [5, 5.41) is 2.91. The van der Waals surface area contributed by atoms with Crippen LogP contribution in [0.25, 0.3) is 0 Å². The Kier molecular flexibility index (Phi) is 3.64. The second-order valence-corrected chi connectivity index (χ2v) is 3.94. The summed E-state index contributed by atoms with van der Waals surface area (Å²) >= 11 is 0. The highest BCUT2D eigenvalue weighted by atomic mass is 19.4. The van der Waals surface area contributed by atoms with Gasteiger partial charge in [-0.1, -0.05) is 12.1 Å². The van der Waals surface area contributed by atoms with Crippen molar-refractivity contribution in [1.82, 2.24) is 0 Å². The molecule has 0 radical (unpaired) electrons. The Labute approximate surface area is 108 Å². The fourth-order valence-corrected chi connectivity index (χ4v) is 1.64. The molecule has 0 aliphatic heterocycles. The quantitative estimate of drug-likeness (QED) is 0.886. The summed E-state index contributed by atoms with van der Waals surface area (Å²) < 4.78 is 42.8. The van der Waals surface area contributed by atoms with Crippen LogP contribution in [-0.4, -0.2) is 7.11 Å². The molecule has 2 aromatic carbocycles. The van der Waals surface area contributed by atoms with Gasteiger partial charge in [-0.15, -0.1) is 0 Å². The Balaban J connectivity index is 2.23. The second-order valence-electron chi connectivity index (χ2n) is 3.94. The van der Waals surface area contributed by atoms with Gasteiger partial charge in [0.2, 0.25) is 0 Å². The van der Waals surface area contributed by atoms with Crippen LogP contribution in [-0.2, 0) is 6.18 Å². The molecule has 2 nitrogen and oxygen atoms in total. The molecule has 2 aromatic rings. The molecular weight excluding hydrogens is 255 g/mol. The van der Waals surface area contributed by atoms with Gasteiger partial charge in [0.05, 0.1) is 12.7 Å². The maximum absolute atomic E-state index is 12.6. The number of methoxy groups -OCH3 is 1. The lowest BCUT2D eigenvalue weighted by atomic mass is 10.2. The summed E-state index contributed by atoms with van der Waals surface area (Å²) in [7, 11) is 1.53. The number of ether oxygens (including phenoxy) is 1. The zero-order chi connectivity index (χ0) is 13.9. The van der Waals surface area contributed by atoms with Gasteiger partial charge < -0.3 is 10.1 Å². The number of nitrogens with one attached hydrogen (secondary N) is 1. The minimum absolute atomic E-state index is 0.378. The molecule has 0 aliphatic carbocycles. The molecule has 0 saturated heterocycles. The number of benzene rings is 2. The molecule has 100 valence electrons. The van der Waals surface area contributed by atoms with Crippen molar-refractivity contribution in [3.63, 3.8) is 0 Å². The molecule has 19 heavy (non-hydrogen) atoms. The molecule has 1 N–H and O–H groups in total. The van der Waals surface area contributed by atoms with E-state index in [2.05, 4.69) is 5.32 Å². The van der Waals surface area contributed by atoms with Crippen LogP contribution in [0, 0.1) is 0 Å². The Morgan fingerprint density at radius 1 is 0.947 bits per heavy atom. The van der Waals surface area contributed by atoms with Crippen molar-refractivity contribution >= 4 is 11.4 Å². The number of alkyl halides is 3. The third-order valence-electron chi connectivity index (χ3n) is 2.55. The topological polar surface area (TPSA) is 21.3 Å². The largest absolute Gasteiger partial charge is 0.497 e. The Hall–Kier alpha value is -2.17. The van der Waals surface area contributed by atoms with E-state index in [-0.39, 0.29) is 0 Å². The van der Waals surface area contributed by atoms with Gasteiger partial charge in [-0.2, -0.15) is 13.2 Å². The van der Waals surface area contributed by atoms with Crippen LogP contribution in [0.4, 0.5) is 24.5 Å². The molecule has 0 atom stereocenters. The van der Waals surface area contributed by atoms with Gasteiger partial charge in [0.15, 0.2) is 0 Å². The minimum Gasteiger partial charge on any atom is -0.497 e. The fraction of sp³-hybridized carbons (Fsp3) is 0.143. The lowest BCUT2D eigenvalue weighted by molar-refractivity contribution is -0.137. The molecular formula is C14H12F3NO. The Morgan fingerprint density at radius 2 is 1.58 bits per heavy atom. The van der Waals surface area contributed by atoms with Crippen LogP contribution >= 0.6 is 0 Å². The maximum Gasteiger partial charge on any atom is 0.416 e. The number of rotatable bonds is 3. The monoisotopic (exact) mass is 267 g/mol. The van der Waals surface area contributed by atoms with E-state index in [1.165, 1.54) is 13.2 Å². The lowest BCUT2D eigenvalue weighted by Crippen LogP contribution is -2.05. The normalized spacial score (nSPS) is 11.2. The molecule has 0 unspecified atom stereocenters. The third-order valence-corrected chi connectivity index (χ3v) is 2.55. The number of anilines is 2. The van der Waals surface area contributed by atoms with Crippen molar-refractivity contribution in [2.75, 3.05) is 12.4 Å². The molecule has 0 amide bonds. The first-order chi connectivity index (χ1) is 8.99. The average molecular weight is 267 g/mol. The van der Waals surface area contributed by atoms with Gasteiger partial charge in [0.1, 0.15) is 5.75 Å². The highest BCUT2D eigenvalue weighted by Gasteiger charge is 2.30. The van der Waals surface area contributed by atoms with E-state index in [1.807, 2.05) is 0 Å². The van der Waals surface area contributed by atoms with E-state index in [0.29, 0.717) is 17.1 Å². The molecule has 0 bridgehead atoms. The van der Waals surface area contributed by atoms with Crippen LogP contribution in [0.15, 0.2) is 48.5 Å². The Bertz CT molecular complexity index is 567. The number of halogens is 3. The van der Waals surface area contributed by atoms with Crippen LogP contribution < -0.4 is 10.1 Å². The van der Waals surface area contributed by atoms with E-state index in [4.69, 9.17) is 4.74 Å². The number of hydrogen-bond acceptors (Lipinski definition) is 2. The summed E-state index contributed by atoms with van der Waals surface area (Å²) in [6.45, 7) is 0. The summed E-state index contributed by atoms with van der Waals surface area (Å²) in [5.74, 6) is 0.636. The van der Waals surface area contributed by atoms with Gasteiger partial charge in [-0.25, -0.2) is 0 Å². The fourth-order valence-electron chi connectivity index (χ4n) is 1.64. The highest BCUT2D eigenvalue weighted by molar-refractivity contribution is 5.61. The first kappa shape index (κ1) is 13.3. The lowest BCUT2D eigenvalue weighted by Gasteiger charge is -2.11. The molecule has 0 fully saturated rings. The zero-order valence-corrected chi connectivity index (χ0v) is 10.2. The summed E-state index contributed by atoms with van der Waals surface area (Å²) in [4.78, 5) is 0. The van der Waals surface area contributed by atoms with E-state index >= 15 is 0 Å². The van der Waals surface area contributed by atoms with E-state index in [9.17, 15) is 13.2 Å². The molecule has 0 heterocycles. The van der Waals surface area contributed by atoms with Crippen LogP contribution in [0.3, 0.4) is 0 Å². The third kappa shape index (κ3) is 3.40. The van der Waals surface area contributed by atoms with E-state index in [1.54, 1.807) is 30.3 Å². The molecule has 5 heteroatoms. The summed E-state index contributed by atoms with van der Waals surface area (Å²) in [5.41, 5.74) is 0.363. The van der Waals surface area contributed by atoms with Crippen molar-refractivity contribution in [2.45, 2.75) is 6.18 Å². The molecule has 0 aromatic heterocycles.